The number of aliphatic carboxylic acids is 3. The number of carboxylic acid groups (broad SMARTS) is 3. The lowest BCUT2D eigenvalue weighted by Crippen LogP contribution is -2.31. The van der Waals surface area contributed by atoms with Crippen LogP contribution in [0.15, 0.2) is 0 Å². The number of carbonyl (C=O) groups is 3. The molecular formula is C18H32O6. The largest absolute Gasteiger partial charge is 0.481 e. The topological polar surface area (TPSA) is 112 Å². The van der Waals surface area contributed by atoms with Gasteiger partial charge in [0.1, 0.15) is 0 Å². The van der Waals surface area contributed by atoms with Crippen LogP contribution < -0.4 is 0 Å². The van der Waals surface area contributed by atoms with Gasteiger partial charge in [-0.1, -0.05) is 71.1 Å². The fourth-order valence-corrected chi connectivity index (χ4v) is 2.94. The van der Waals surface area contributed by atoms with Crippen LogP contribution in [0.4, 0.5) is 0 Å². The van der Waals surface area contributed by atoms with E-state index >= 15 is 0 Å². The van der Waals surface area contributed by atoms with Gasteiger partial charge in [-0.3, -0.25) is 14.4 Å². The van der Waals surface area contributed by atoms with Crippen LogP contribution in [0.1, 0.15) is 84.0 Å². The summed E-state index contributed by atoms with van der Waals surface area (Å²) in [5.74, 6) is -6.35. The predicted molar refractivity (Wildman–Crippen MR) is 91.0 cm³/mol. The van der Waals surface area contributed by atoms with Gasteiger partial charge in [0.25, 0.3) is 0 Å². The van der Waals surface area contributed by atoms with Gasteiger partial charge in [0.05, 0.1) is 18.3 Å². The van der Waals surface area contributed by atoms with Crippen LogP contribution in [0.25, 0.3) is 0 Å². The van der Waals surface area contributed by atoms with E-state index in [9.17, 15) is 19.5 Å². The molecule has 0 heterocycles. The van der Waals surface area contributed by atoms with Crippen LogP contribution in [-0.2, 0) is 14.4 Å². The lowest BCUT2D eigenvalue weighted by atomic mass is 9.85. The SMILES string of the molecule is CCCCCCCCCCCCC(C(=O)O)C(CC(=O)O)C(=O)O. The molecule has 0 aromatic rings. The number of hydrogen-bond donors (Lipinski definition) is 3. The molecular weight excluding hydrogens is 312 g/mol. The van der Waals surface area contributed by atoms with Gasteiger partial charge in [0, 0.05) is 0 Å². The molecule has 0 aliphatic carbocycles. The first kappa shape index (κ1) is 22.4. The molecule has 0 saturated heterocycles. The summed E-state index contributed by atoms with van der Waals surface area (Å²) < 4.78 is 0. The lowest BCUT2D eigenvalue weighted by Gasteiger charge is -2.18. The molecule has 0 aliphatic heterocycles. The zero-order valence-corrected chi connectivity index (χ0v) is 14.7. The maximum absolute atomic E-state index is 11.3. The summed E-state index contributed by atoms with van der Waals surface area (Å²) in [7, 11) is 0. The Morgan fingerprint density at radius 1 is 0.667 bits per heavy atom. The summed E-state index contributed by atoms with van der Waals surface area (Å²) in [5.41, 5.74) is 0. The molecule has 0 spiro atoms. The summed E-state index contributed by atoms with van der Waals surface area (Å²) in [6, 6.07) is 0. The van der Waals surface area contributed by atoms with Crippen molar-refractivity contribution in [1.29, 1.82) is 0 Å². The van der Waals surface area contributed by atoms with Crippen molar-refractivity contribution in [2.24, 2.45) is 11.8 Å². The Balaban J connectivity index is 3.99. The van der Waals surface area contributed by atoms with E-state index in [1.807, 2.05) is 0 Å². The Labute approximate surface area is 144 Å². The predicted octanol–water partition coefficient (Wildman–Crippen LogP) is 4.17. The van der Waals surface area contributed by atoms with E-state index in [2.05, 4.69) is 6.92 Å². The molecule has 6 nitrogen and oxygen atoms in total. The zero-order valence-electron chi connectivity index (χ0n) is 14.7. The molecule has 0 saturated carbocycles. The molecule has 140 valence electrons. The average molecular weight is 344 g/mol. The molecule has 6 heteroatoms. The summed E-state index contributed by atoms with van der Waals surface area (Å²) in [6.07, 6.45) is 10.7. The molecule has 0 aromatic carbocycles. The maximum atomic E-state index is 11.3. The van der Waals surface area contributed by atoms with Crippen molar-refractivity contribution in [1.82, 2.24) is 0 Å². The second-order valence-electron chi connectivity index (χ2n) is 6.46. The van der Waals surface area contributed by atoms with Gasteiger partial charge in [0.15, 0.2) is 0 Å². The minimum absolute atomic E-state index is 0.218. The molecule has 0 radical (unpaired) electrons. The minimum Gasteiger partial charge on any atom is -0.481 e. The first-order valence-electron chi connectivity index (χ1n) is 9.07. The highest BCUT2D eigenvalue weighted by Crippen LogP contribution is 2.24. The first-order valence-corrected chi connectivity index (χ1v) is 9.07. The van der Waals surface area contributed by atoms with Crippen molar-refractivity contribution >= 4 is 17.9 Å². The standard InChI is InChI=1S/C18H32O6/c1-2-3-4-5-6-7-8-9-10-11-12-14(17(21)22)15(18(23)24)13-16(19)20/h14-15H,2-13H2,1H3,(H,19,20)(H,21,22)(H,23,24). The lowest BCUT2D eigenvalue weighted by molar-refractivity contribution is -0.157. The van der Waals surface area contributed by atoms with E-state index in [-0.39, 0.29) is 6.42 Å². The zero-order chi connectivity index (χ0) is 18.4. The molecule has 0 fully saturated rings. The maximum Gasteiger partial charge on any atom is 0.307 e. The third kappa shape index (κ3) is 11.0. The second-order valence-corrected chi connectivity index (χ2v) is 6.46. The fraction of sp³-hybridized carbons (Fsp3) is 0.833. The monoisotopic (exact) mass is 344 g/mol. The van der Waals surface area contributed by atoms with Crippen LogP contribution in [0.5, 0.6) is 0 Å². The van der Waals surface area contributed by atoms with Crippen molar-refractivity contribution < 1.29 is 29.7 Å². The number of rotatable bonds is 16. The molecule has 0 rings (SSSR count). The highest BCUT2D eigenvalue weighted by molar-refractivity contribution is 5.83. The van der Waals surface area contributed by atoms with Crippen LogP contribution >= 0.6 is 0 Å². The van der Waals surface area contributed by atoms with Crippen LogP contribution in [0.2, 0.25) is 0 Å². The van der Waals surface area contributed by atoms with Gasteiger partial charge in [-0.15, -0.1) is 0 Å². The normalized spacial score (nSPS) is 13.4. The molecule has 0 amide bonds. The number of unbranched alkanes of at least 4 members (excludes halogenated alkanes) is 9. The van der Waals surface area contributed by atoms with E-state index in [1.165, 1.54) is 38.5 Å². The van der Waals surface area contributed by atoms with E-state index in [0.717, 1.165) is 19.3 Å². The van der Waals surface area contributed by atoms with Crippen LogP contribution in [0.3, 0.4) is 0 Å². The molecule has 0 aromatic heterocycles. The van der Waals surface area contributed by atoms with E-state index < -0.39 is 36.2 Å². The van der Waals surface area contributed by atoms with Crippen molar-refractivity contribution in [3.05, 3.63) is 0 Å². The fourth-order valence-electron chi connectivity index (χ4n) is 2.94. The summed E-state index contributed by atoms with van der Waals surface area (Å²) >= 11 is 0. The number of hydrogen-bond acceptors (Lipinski definition) is 3. The Morgan fingerprint density at radius 3 is 1.46 bits per heavy atom. The van der Waals surface area contributed by atoms with Crippen molar-refractivity contribution in [2.75, 3.05) is 0 Å². The molecule has 2 atom stereocenters. The summed E-state index contributed by atoms with van der Waals surface area (Å²) in [6.45, 7) is 2.19. The van der Waals surface area contributed by atoms with Gasteiger partial charge in [-0.2, -0.15) is 0 Å². The van der Waals surface area contributed by atoms with E-state index in [4.69, 9.17) is 10.2 Å². The minimum atomic E-state index is -1.36. The Kier molecular flexibility index (Phi) is 12.9. The average Bonchev–Trinajstić information content (AvgIpc) is 2.50. The highest BCUT2D eigenvalue weighted by atomic mass is 16.4. The third-order valence-corrected chi connectivity index (χ3v) is 4.38. The molecule has 2 unspecified atom stereocenters. The Bertz CT molecular complexity index is 380. The van der Waals surface area contributed by atoms with Gasteiger partial charge >= 0.3 is 17.9 Å². The van der Waals surface area contributed by atoms with Gasteiger partial charge in [-0.25, -0.2) is 0 Å². The Hall–Kier alpha value is -1.59. The second kappa shape index (κ2) is 13.8. The van der Waals surface area contributed by atoms with Crippen molar-refractivity contribution in [2.45, 2.75) is 84.0 Å². The molecule has 24 heavy (non-hydrogen) atoms. The Morgan fingerprint density at radius 2 is 1.08 bits per heavy atom. The van der Waals surface area contributed by atoms with Crippen LogP contribution in [0, 0.1) is 11.8 Å². The molecule has 0 bridgehead atoms. The smallest absolute Gasteiger partial charge is 0.307 e. The van der Waals surface area contributed by atoms with E-state index in [0.29, 0.717) is 6.42 Å². The molecule has 3 N–H and O–H groups in total. The van der Waals surface area contributed by atoms with Crippen molar-refractivity contribution in [3.63, 3.8) is 0 Å². The van der Waals surface area contributed by atoms with Crippen LogP contribution in [-0.4, -0.2) is 33.2 Å². The first-order chi connectivity index (χ1) is 11.4. The highest BCUT2D eigenvalue weighted by Gasteiger charge is 2.34. The van der Waals surface area contributed by atoms with Gasteiger partial charge < -0.3 is 15.3 Å². The van der Waals surface area contributed by atoms with Crippen molar-refractivity contribution in [3.8, 4) is 0 Å². The van der Waals surface area contributed by atoms with Gasteiger partial charge in [0.2, 0.25) is 0 Å². The summed E-state index contributed by atoms with van der Waals surface area (Å²) in [4.78, 5) is 33.1. The number of carboxylic acids is 3. The molecule has 0 aliphatic rings. The quantitative estimate of drug-likeness (QED) is 0.362. The third-order valence-electron chi connectivity index (χ3n) is 4.38. The van der Waals surface area contributed by atoms with Gasteiger partial charge in [-0.05, 0) is 6.42 Å². The van der Waals surface area contributed by atoms with E-state index in [1.54, 1.807) is 0 Å². The summed E-state index contributed by atoms with van der Waals surface area (Å²) in [5, 5.41) is 27.0.